The van der Waals surface area contributed by atoms with E-state index in [9.17, 15) is 0 Å². The first kappa shape index (κ1) is 29.5. The van der Waals surface area contributed by atoms with E-state index in [0.717, 1.165) is 44.6 Å². The van der Waals surface area contributed by atoms with Gasteiger partial charge in [-0.3, -0.25) is 0 Å². The minimum Gasteiger partial charge on any atom is -0.454 e. The maximum Gasteiger partial charge on any atom is 0.159 e. The van der Waals surface area contributed by atoms with Crippen molar-refractivity contribution < 1.29 is 4.42 Å². The first-order valence-corrected chi connectivity index (χ1v) is 18.1. The van der Waals surface area contributed by atoms with Gasteiger partial charge in [-0.1, -0.05) is 140 Å². The average Bonchev–Trinajstić information content (AvgIpc) is 3.78. The summed E-state index contributed by atoms with van der Waals surface area (Å²) in [6.45, 7) is 0. The van der Waals surface area contributed by atoms with Crippen molar-refractivity contribution in [2.24, 2.45) is 0 Å². The van der Waals surface area contributed by atoms with Gasteiger partial charge < -0.3 is 9.32 Å². The highest BCUT2D eigenvalue weighted by molar-refractivity contribution is 7.26. The smallest absolute Gasteiger partial charge is 0.159 e. The third kappa shape index (κ3) is 5.10. The molecule has 0 fully saturated rings. The summed E-state index contributed by atoms with van der Waals surface area (Å²) < 4.78 is 9.37. The molecule has 3 heteroatoms. The normalized spacial score (nSPS) is 11.5. The van der Waals surface area contributed by atoms with Gasteiger partial charge in [-0.2, -0.15) is 0 Å². The Balaban J connectivity index is 1.23. The SMILES string of the molecule is c1ccc(-c2ccc(N(c3ccc(-c4ccccc4)cc3)c3cc(-c4cccc5c4sc4ccccc45)cc4c3oc3ccccc34)cc2)cc1. The van der Waals surface area contributed by atoms with Gasteiger partial charge in [0.2, 0.25) is 0 Å². The van der Waals surface area contributed by atoms with E-state index in [2.05, 4.69) is 187 Å². The number of nitrogens with zero attached hydrogens (tertiary/aromatic N) is 1. The second-order valence-corrected chi connectivity index (χ2v) is 14.0. The lowest BCUT2D eigenvalue weighted by Crippen LogP contribution is -2.10. The highest BCUT2D eigenvalue weighted by Gasteiger charge is 2.22. The Morgan fingerprint density at radius 1 is 0.392 bits per heavy atom. The Hall–Kier alpha value is -6.42. The molecule has 0 aliphatic heterocycles. The van der Waals surface area contributed by atoms with Crippen LogP contribution in [0.3, 0.4) is 0 Å². The first-order valence-electron chi connectivity index (χ1n) is 17.3. The average molecular weight is 670 g/mol. The molecule has 2 heterocycles. The van der Waals surface area contributed by atoms with Crippen LogP contribution >= 0.6 is 11.3 Å². The highest BCUT2D eigenvalue weighted by atomic mass is 32.1. The number of para-hydroxylation sites is 1. The predicted octanol–water partition coefficient (Wildman–Crippen LogP) is 14.4. The van der Waals surface area contributed by atoms with E-state index in [1.807, 2.05) is 17.4 Å². The van der Waals surface area contributed by atoms with Crippen molar-refractivity contribution in [3.8, 4) is 33.4 Å². The summed E-state index contributed by atoms with van der Waals surface area (Å²) in [5, 5.41) is 4.80. The summed E-state index contributed by atoms with van der Waals surface area (Å²) in [7, 11) is 0. The molecule has 0 atom stereocenters. The summed E-state index contributed by atoms with van der Waals surface area (Å²) >= 11 is 1.86. The molecule has 0 bridgehead atoms. The zero-order valence-corrected chi connectivity index (χ0v) is 28.5. The molecule has 0 saturated carbocycles. The molecule has 10 rings (SSSR count). The number of anilines is 3. The second-order valence-electron chi connectivity index (χ2n) is 12.9. The van der Waals surface area contributed by atoms with Crippen molar-refractivity contribution in [3.05, 3.63) is 188 Å². The van der Waals surface area contributed by atoms with E-state index in [-0.39, 0.29) is 0 Å². The van der Waals surface area contributed by atoms with E-state index in [1.165, 1.54) is 48.0 Å². The fourth-order valence-corrected chi connectivity index (χ4v) is 8.64. The number of thiophene rings is 1. The van der Waals surface area contributed by atoms with Crippen LogP contribution in [0.2, 0.25) is 0 Å². The Morgan fingerprint density at radius 2 is 0.941 bits per heavy atom. The molecule has 51 heavy (non-hydrogen) atoms. The van der Waals surface area contributed by atoms with Gasteiger partial charge in [0.25, 0.3) is 0 Å². The number of furan rings is 1. The van der Waals surface area contributed by atoms with Crippen molar-refractivity contribution >= 4 is 70.5 Å². The summed E-state index contributed by atoms with van der Waals surface area (Å²) in [5.74, 6) is 0. The van der Waals surface area contributed by atoms with Gasteiger partial charge in [-0.05, 0) is 81.9 Å². The highest BCUT2D eigenvalue weighted by Crippen LogP contribution is 2.47. The quantitative estimate of drug-likeness (QED) is 0.175. The maximum absolute atomic E-state index is 6.78. The third-order valence-electron chi connectivity index (χ3n) is 9.88. The van der Waals surface area contributed by atoms with Crippen molar-refractivity contribution in [2.75, 3.05) is 4.90 Å². The van der Waals surface area contributed by atoms with Gasteiger partial charge in [0, 0.05) is 42.3 Å². The van der Waals surface area contributed by atoms with Crippen molar-refractivity contribution in [3.63, 3.8) is 0 Å². The van der Waals surface area contributed by atoms with Crippen LogP contribution in [0.5, 0.6) is 0 Å². The van der Waals surface area contributed by atoms with Crippen LogP contribution in [-0.4, -0.2) is 0 Å². The zero-order valence-electron chi connectivity index (χ0n) is 27.7. The fraction of sp³-hybridized carbons (Fsp3) is 0. The molecule has 0 radical (unpaired) electrons. The van der Waals surface area contributed by atoms with Crippen molar-refractivity contribution in [1.82, 2.24) is 0 Å². The summed E-state index contributed by atoms with van der Waals surface area (Å²) in [6, 6.07) is 67.3. The molecule has 0 unspecified atom stereocenters. The number of benzene rings is 8. The molecule has 2 nitrogen and oxygen atoms in total. The van der Waals surface area contributed by atoms with Gasteiger partial charge in [-0.15, -0.1) is 11.3 Å². The molecule has 10 aromatic rings. The van der Waals surface area contributed by atoms with Crippen LogP contribution in [0.1, 0.15) is 0 Å². The largest absolute Gasteiger partial charge is 0.454 e. The molecule has 0 aliphatic carbocycles. The zero-order chi connectivity index (χ0) is 33.7. The minimum absolute atomic E-state index is 0.864. The Morgan fingerprint density at radius 3 is 1.61 bits per heavy atom. The second kappa shape index (κ2) is 12.2. The lowest BCUT2D eigenvalue weighted by Gasteiger charge is -2.27. The molecule has 0 saturated heterocycles. The van der Waals surface area contributed by atoms with E-state index in [4.69, 9.17) is 4.42 Å². The number of fused-ring (bicyclic) bond motifs is 6. The number of hydrogen-bond donors (Lipinski definition) is 0. The van der Waals surface area contributed by atoms with Crippen molar-refractivity contribution in [1.29, 1.82) is 0 Å². The van der Waals surface area contributed by atoms with E-state index >= 15 is 0 Å². The lowest BCUT2D eigenvalue weighted by molar-refractivity contribution is 0.669. The summed E-state index contributed by atoms with van der Waals surface area (Å²) in [6.07, 6.45) is 0. The molecule has 2 aromatic heterocycles. The predicted molar refractivity (Wildman–Crippen MR) is 218 cm³/mol. The Labute approximate surface area is 300 Å². The van der Waals surface area contributed by atoms with Crippen LogP contribution in [0.25, 0.3) is 75.5 Å². The minimum atomic E-state index is 0.864. The number of rotatable bonds is 6. The Bertz CT molecular complexity index is 2750. The molecular formula is C48H31NOS. The molecule has 8 aromatic carbocycles. The van der Waals surface area contributed by atoms with Gasteiger partial charge >= 0.3 is 0 Å². The van der Waals surface area contributed by atoms with Gasteiger partial charge in [-0.25, -0.2) is 0 Å². The first-order chi connectivity index (χ1) is 25.3. The van der Waals surface area contributed by atoms with Gasteiger partial charge in [0.15, 0.2) is 5.58 Å². The van der Waals surface area contributed by atoms with Crippen LogP contribution < -0.4 is 4.90 Å². The van der Waals surface area contributed by atoms with E-state index < -0.39 is 0 Å². The summed E-state index contributed by atoms with van der Waals surface area (Å²) in [5.41, 5.74) is 12.0. The van der Waals surface area contributed by atoms with Gasteiger partial charge in [0.1, 0.15) is 5.58 Å². The Kier molecular flexibility index (Phi) is 7.04. The topological polar surface area (TPSA) is 16.4 Å². The van der Waals surface area contributed by atoms with Crippen LogP contribution in [0.15, 0.2) is 192 Å². The number of hydrogen-bond acceptors (Lipinski definition) is 3. The molecule has 240 valence electrons. The molecule has 0 N–H and O–H groups in total. The fourth-order valence-electron chi connectivity index (χ4n) is 7.40. The molecule has 0 spiro atoms. The standard InChI is InChI=1S/C48H31NOS/c1-3-12-32(13-4-1)34-22-26-37(27-23-34)49(38-28-24-35(25-29-38)33-14-5-2-6-15-33)44-31-36(30-43-40-16-7-9-20-45(40)50-47(43)44)39-18-11-19-42-41-17-8-10-21-46(41)51-48(39)42/h1-31H. The molecule has 0 amide bonds. The van der Waals surface area contributed by atoms with E-state index in [0.29, 0.717) is 0 Å². The maximum atomic E-state index is 6.78. The monoisotopic (exact) mass is 669 g/mol. The third-order valence-corrected chi connectivity index (χ3v) is 11.1. The summed E-state index contributed by atoms with van der Waals surface area (Å²) in [4.78, 5) is 2.35. The van der Waals surface area contributed by atoms with Crippen LogP contribution in [-0.2, 0) is 0 Å². The lowest BCUT2D eigenvalue weighted by atomic mass is 9.98. The van der Waals surface area contributed by atoms with Crippen LogP contribution in [0, 0.1) is 0 Å². The molecular weight excluding hydrogens is 639 g/mol. The molecule has 0 aliphatic rings. The van der Waals surface area contributed by atoms with E-state index in [1.54, 1.807) is 0 Å². The van der Waals surface area contributed by atoms with Gasteiger partial charge in [0.05, 0.1) is 5.69 Å². The van der Waals surface area contributed by atoms with Crippen molar-refractivity contribution in [2.45, 2.75) is 0 Å². The van der Waals surface area contributed by atoms with Crippen LogP contribution in [0.4, 0.5) is 17.1 Å².